The Bertz CT molecular complexity index is 268. The molecule has 0 aromatic heterocycles. The molecule has 3 N–H and O–H groups in total. The predicted octanol–water partition coefficient (Wildman–Crippen LogP) is 1.29. The van der Waals surface area contributed by atoms with Crippen molar-refractivity contribution in [2.45, 2.75) is 59.2 Å². The van der Waals surface area contributed by atoms with E-state index >= 15 is 0 Å². The molecule has 0 fully saturated rings. The van der Waals surface area contributed by atoms with Gasteiger partial charge in [-0.05, 0) is 34.1 Å². The van der Waals surface area contributed by atoms with E-state index in [0.29, 0.717) is 11.5 Å². The van der Waals surface area contributed by atoms with E-state index in [-0.39, 0.29) is 24.0 Å². The average molecular weight is 259 g/mol. The number of nitrogens with zero attached hydrogens (tertiary/aromatic N) is 1. The van der Waals surface area contributed by atoms with E-state index in [2.05, 4.69) is 5.32 Å². The van der Waals surface area contributed by atoms with Crippen LogP contribution in [0.4, 0.5) is 0 Å². The largest absolute Gasteiger partial charge is 0.392 e. The number of amides is 1. The first-order valence-electron chi connectivity index (χ1n) is 6.14. The summed E-state index contributed by atoms with van der Waals surface area (Å²) < 4.78 is 0. The number of carbonyl (C=O) groups excluding carboxylic acids is 1. The lowest BCUT2D eigenvalue weighted by atomic mass is 10.1. The van der Waals surface area contributed by atoms with Gasteiger partial charge in [-0.15, -0.1) is 0 Å². The molecule has 4 nitrogen and oxygen atoms in total. The van der Waals surface area contributed by atoms with Gasteiger partial charge in [-0.2, -0.15) is 0 Å². The summed E-state index contributed by atoms with van der Waals surface area (Å²) in [4.78, 5) is 14.4. The molecule has 100 valence electrons. The molecule has 0 aromatic rings. The van der Waals surface area contributed by atoms with Gasteiger partial charge in [0, 0.05) is 18.6 Å². The summed E-state index contributed by atoms with van der Waals surface area (Å²) in [5.41, 5.74) is 5.55. The van der Waals surface area contributed by atoms with Gasteiger partial charge in [0.1, 0.15) is 0 Å². The molecule has 0 rings (SSSR count). The van der Waals surface area contributed by atoms with E-state index in [4.69, 9.17) is 18.0 Å². The average Bonchev–Trinajstić information content (AvgIpc) is 2.23. The summed E-state index contributed by atoms with van der Waals surface area (Å²) in [5.74, 6) is 0.0318. The molecular formula is C12H25N3OS. The molecule has 2 unspecified atom stereocenters. The van der Waals surface area contributed by atoms with Crippen LogP contribution in [-0.4, -0.2) is 40.5 Å². The zero-order chi connectivity index (χ0) is 13.6. The van der Waals surface area contributed by atoms with Gasteiger partial charge in [-0.1, -0.05) is 19.1 Å². The number of nitrogens with two attached hydrogens (primary N) is 1. The van der Waals surface area contributed by atoms with Crippen LogP contribution >= 0.6 is 12.2 Å². The van der Waals surface area contributed by atoms with Crippen molar-refractivity contribution in [2.75, 3.05) is 6.54 Å². The number of hydrogen-bond acceptors (Lipinski definition) is 3. The van der Waals surface area contributed by atoms with Crippen LogP contribution in [0.1, 0.15) is 41.0 Å². The Morgan fingerprint density at radius 1 is 1.35 bits per heavy atom. The third-order valence-corrected chi connectivity index (χ3v) is 3.01. The number of rotatable bonds is 7. The van der Waals surface area contributed by atoms with Crippen molar-refractivity contribution < 1.29 is 4.79 Å². The van der Waals surface area contributed by atoms with Crippen LogP contribution in [0.15, 0.2) is 0 Å². The quantitative estimate of drug-likeness (QED) is 0.676. The van der Waals surface area contributed by atoms with Crippen molar-refractivity contribution in [2.24, 2.45) is 5.73 Å². The highest BCUT2D eigenvalue weighted by atomic mass is 32.1. The van der Waals surface area contributed by atoms with Gasteiger partial charge in [-0.3, -0.25) is 9.69 Å². The highest BCUT2D eigenvalue weighted by Crippen LogP contribution is 2.06. The molecule has 0 aliphatic carbocycles. The molecule has 0 saturated heterocycles. The van der Waals surface area contributed by atoms with E-state index in [1.54, 1.807) is 0 Å². The maximum Gasteiger partial charge on any atom is 0.237 e. The van der Waals surface area contributed by atoms with E-state index in [0.717, 1.165) is 6.42 Å². The summed E-state index contributed by atoms with van der Waals surface area (Å²) in [6.07, 6.45) is 0.926. The summed E-state index contributed by atoms with van der Waals surface area (Å²) >= 11 is 4.91. The first-order chi connectivity index (χ1) is 7.79. The Balaban J connectivity index is 4.54. The Morgan fingerprint density at radius 3 is 2.24 bits per heavy atom. The minimum absolute atomic E-state index is 0.0318. The fraction of sp³-hybridized carbons (Fsp3) is 0.833. The second-order valence-electron chi connectivity index (χ2n) is 4.73. The first kappa shape index (κ1) is 16.3. The van der Waals surface area contributed by atoms with Gasteiger partial charge < -0.3 is 11.1 Å². The summed E-state index contributed by atoms with van der Waals surface area (Å²) in [7, 11) is 0. The van der Waals surface area contributed by atoms with Gasteiger partial charge in [0.2, 0.25) is 5.91 Å². The molecule has 0 heterocycles. The highest BCUT2D eigenvalue weighted by Gasteiger charge is 2.24. The lowest BCUT2D eigenvalue weighted by Gasteiger charge is -2.32. The lowest BCUT2D eigenvalue weighted by Crippen LogP contribution is -2.52. The fourth-order valence-electron chi connectivity index (χ4n) is 1.56. The molecule has 0 aliphatic heterocycles. The predicted molar refractivity (Wildman–Crippen MR) is 76.0 cm³/mol. The van der Waals surface area contributed by atoms with Gasteiger partial charge in [0.25, 0.3) is 0 Å². The van der Waals surface area contributed by atoms with Gasteiger partial charge >= 0.3 is 0 Å². The maximum atomic E-state index is 12.0. The molecule has 0 spiro atoms. The van der Waals surface area contributed by atoms with Crippen molar-refractivity contribution in [3.63, 3.8) is 0 Å². The monoisotopic (exact) mass is 259 g/mol. The van der Waals surface area contributed by atoms with Gasteiger partial charge in [-0.25, -0.2) is 0 Å². The smallest absolute Gasteiger partial charge is 0.237 e. The van der Waals surface area contributed by atoms with E-state index < -0.39 is 0 Å². The standard InChI is InChI=1S/C12H25N3OS/c1-6-9(4)14-12(16)10(5)15(8(2)3)7-11(13)17/h8-10H,6-7H2,1-5H3,(H2,13,17)(H,14,16). The van der Waals surface area contributed by atoms with Crippen molar-refractivity contribution in [1.29, 1.82) is 0 Å². The van der Waals surface area contributed by atoms with Crippen LogP contribution in [-0.2, 0) is 4.79 Å². The van der Waals surface area contributed by atoms with E-state index in [9.17, 15) is 4.79 Å². The first-order valence-corrected chi connectivity index (χ1v) is 6.54. The number of carbonyl (C=O) groups is 1. The Morgan fingerprint density at radius 2 is 1.88 bits per heavy atom. The molecular weight excluding hydrogens is 234 g/mol. The van der Waals surface area contributed by atoms with Crippen molar-refractivity contribution in [3.05, 3.63) is 0 Å². The molecule has 1 amide bonds. The third-order valence-electron chi connectivity index (χ3n) is 2.88. The van der Waals surface area contributed by atoms with Crippen LogP contribution in [0.3, 0.4) is 0 Å². The molecule has 0 bridgehead atoms. The SMILES string of the molecule is CCC(C)NC(=O)C(C)N(CC(N)=S)C(C)C. The summed E-state index contributed by atoms with van der Waals surface area (Å²) in [5, 5.41) is 2.97. The normalized spacial score (nSPS) is 14.8. The Labute approximate surface area is 110 Å². The van der Waals surface area contributed by atoms with E-state index in [1.165, 1.54) is 0 Å². The summed E-state index contributed by atoms with van der Waals surface area (Å²) in [6, 6.07) is 0.212. The molecule has 0 aromatic carbocycles. The van der Waals surface area contributed by atoms with Crippen LogP contribution < -0.4 is 11.1 Å². The Hall–Kier alpha value is -0.680. The lowest BCUT2D eigenvalue weighted by molar-refractivity contribution is -0.126. The number of hydrogen-bond donors (Lipinski definition) is 2. The van der Waals surface area contributed by atoms with Crippen molar-refractivity contribution in [3.8, 4) is 0 Å². The van der Waals surface area contributed by atoms with Gasteiger partial charge in [0.15, 0.2) is 0 Å². The molecule has 2 atom stereocenters. The molecule has 17 heavy (non-hydrogen) atoms. The number of nitrogens with one attached hydrogen (secondary N) is 1. The zero-order valence-corrected chi connectivity index (χ0v) is 12.3. The fourth-order valence-corrected chi connectivity index (χ4v) is 1.71. The minimum Gasteiger partial charge on any atom is -0.392 e. The second kappa shape index (κ2) is 7.61. The van der Waals surface area contributed by atoms with Crippen molar-refractivity contribution in [1.82, 2.24) is 10.2 Å². The zero-order valence-electron chi connectivity index (χ0n) is 11.5. The van der Waals surface area contributed by atoms with E-state index in [1.807, 2.05) is 39.5 Å². The Kier molecular flexibility index (Phi) is 7.30. The molecule has 0 radical (unpaired) electrons. The van der Waals surface area contributed by atoms with Gasteiger partial charge in [0.05, 0.1) is 11.0 Å². The molecule has 5 heteroatoms. The highest BCUT2D eigenvalue weighted by molar-refractivity contribution is 7.80. The van der Waals surface area contributed by atoms with Crippen LogP contribution in [0, 0.1) is 0 Å². The van der Waals surface area contributed by atoms with Crippen LogP contribution in [0.5, 0.6) is 0 Å². The second-order valence-corrected chi connectivity index (χ2v) is 5.25. The summed E-state index contributed by atoms with van der Waals surface area (Å²) in [6.45, 7) is 10.5. The third kappa shape index (κ3) is 5.98. The molecule has 0 aliphatic rings. The molecule has 0 saturated carbocycles. The van der Waals surface area contributed by atoms with Crippen molar-refractivity contribution >= 4 is 23.1 Å². The number of thiocarbonyl (C=S) groups is 1. The van der Waals surface area contributed by atoms with Crippen LogP contribution in [0.2, 0.25) is 0 Å². The van der Waals surface area contributed by atoms with Crippen LogP contribution in [0.25, 0.3) is 0 Å². The maximum absolute atomic E-state index is 12.0. The topological polar surface area (TPSA) is 58.4 Å². The minimum atomic E-state index is -0.217.